The highest BCUT2D eigenvalue weighted by Crippen LogP contribution is 2.25. The van der Waals surface area contributed by atoms with E-state index in [0.29, 0.717) is 24.7 Å². The van der Waals surface area contributed by atoms with Crippen LogP contribution in [0.4, 0.5) is 10.2 Å². The van der Waals surface area contributed by atoms with Crippen molar-refractivity contribution in [3.63, 3.8) is 0 Å². The molecule has 26 heavy (non-hydrogen) atoms. The number of halogens is 1. The molecule has 0 radical (unpaired) electrons. The molecule has 2 aromatic heterocycles. The van der Waals surface area contributed by atoms with Gasteiger partial charge in [0.1, 0.15) is 17.7 Å². The largest absolute Gasteiger partial charge is 0.373 e. The van der Waals surface area contributed by atoms with E-state index < -0.39 is 0 Å². The van der Waals surface area contributed by atoms with Crippen LogP contribution < -0.4 is 4.90 Å². The van der Waals surface area contributed by atoms with Gasteiger partial charge in [0.2, 0.25) is 0 Å². The SMILES string of the molecule is Fc1ccc(-c2nnc3ccc(N4CC[C@@H]5OCCO[C@H]5C4)nn23)cc1. The molecule has 2 saturated heterocycles. The second kappa shape index (κ2) is 6.30. The standard InChI is InChI=1S/C18H18FN5O2/c19-13-3-1-12(2-4-13)18-21-20-16-5-6-17(22-24(16)18)23-8-7-14-15(11-23)26-10-9-25-14/h1-6,14-15H,7-11H2/t14-,15-/m0/s1. The zero-order chi connectivity index (χ0) is 17.5. The Hall–Kier alpha value is -2.58. The molecule has 4 heterocycles. The Kier molecular flexibility index (Phi) is 3.79. The monoisotopic (exact) mass is 355 g/mol. The molecular weight excluding hydrogens is 337 g/mol. The van der Waals surface area contributed by atoms with Gasteiger partial charge in [-0.25, -0.2) is 4.39 Å². The van der Waals surface area contributed by atoms with Crippen LogP contribution in [0.1, 0.15) is 6.42 Å². The van der Waals surface area contributed by atoms with E-state index in [2.05, 4.69) is 15.1 Å². The van der Waals surface area contributed by atoms with Crippen molar-refractivity contribution in [3.05, 3.63) is 42.2 Å². The molecule has 0 N–H and O–H groups in total. The highest BCUT2D eigenvalue weighted by molar-refractivity contribution is 5.59. The van der Waals surface area contributed by atoms with Crippen LogP contribution in [0.3, 0.4) is 0 Å². The Balaban J connectivity index is 1.47. The number of nitrogens with zero attached hydrogens (tertiary/aromatic N) is 5. The molecule has 2 aliphatic rings. The van der Waals surface area contributed by atoms with Gasteiger partial charge in [-0.1, -0.05) is 0 Å². The summed E-state index contributed by atoms with van der Waals surface area (Å²) in [5.41, 5.74) is 1.42. The number of hydrogen-bond donors (Lipinski definition) is 0. The van der Waals surface area contributed by atoms with Gasteiger partial charge in [0, 0.05) is 18.7 Å². The van der Waals surface area contributed by atoms with Crippen LogP contribution >= 0.6 is 0 Å². The molecule has 0 bridgehead atoms. The zero-order valence-electron chi connectivity index (χ0n) is 14.1. The van der Waals surface area contributed by atoms with E-state index in [1.165, 1.54) is 12.1 Å². The first-order valence-electron chi connectivity index (χ1n) is 8.74. The van der Waals surface area contributed by atoms with Gasteiger partial charge >= 0.3 is 0 Å². The third-order valence-corrected chi connectivity index (χ3v) is 4.92. The second-order valence-electron chi connectivity index (χ2n) is 6.55. The summed E-state index contributed by atoms with van der Waals surface area (Å²) in [5.74, 6) is 1.15. The molecule has 5 rings (SSSR count). The van der Waals surface area contributed by atoms with Crippen LogP contribution in [0.15, 0.2) is 36.4 Å². The Morgan fingerprint density at radius 3 is 2.62 bits per heavy atom. The highest BCUT2D eigenvalue weighted by Gasteiger charge is 2.33. The van der Waals surface area contributed by atoms with Crippen molar-refractivity contribution in [3.8, 4) is 11.4 Å². The fraction of sp³-hybridized carbons (Fsp3) is 0.389. The first-order chi connectivity index (χ1) is 12.8. The van der Waals surface area contributed by atoms with Gasteiger partial charge in [-0.05, 0) is 42.8 Å². The molecular formula is C18H18FN5O2. The summed E-state index contributed by atoms with van der Waals surface area (Å²) in [4.78, 5) is 2.20. The van der Waals surface area contributed by atoms with E-state index in [0.717, 1.165) is 30.9 Å². The first-order valence-corrected chi connectivity index (χ1v) is 8.74. The predicted molar refractivity (Wildman–Crippen MR) is 92.5 cm³/mol. The molecule has 134 valence electrons. The second-order valence-corrected chi connectivity index (χ2v) is 6.55. The van der Waals surface area contributed by atoms with E-state index in [4.69, 9.17) is 14.6 Å². The average Bonchev–Trinajstić information content (AvgIpc) is 3.11. The van der Waals surface area contributed by atoms with Crippen molar-refractivity contribution in [2.75, 3.05) is 31.2 Å². The summed E-state index contributed by atoms with van der Waals surface area (Å²) in [6.07, 6.45) is 1.16. The van der Waals surface area contributed by atoms with E-state index in [1.54, 1.807) is 16.6 Å². The smallest absolute Gasteiger partial charge is 0.185 e. The summed E-state index contributed by atoms with van der Waals surface area (Å²) in [5, 5.41) is 13.1. The third kappa shape index (κ3) is 2.71. The molecule has 2 atom stereocenters. The predicted octanol–water partition coefficient (Wildman–Crippen LogP) is 1.92. The normalized spacial score (nSPS) is 23.2. The van der Waals surface area contributed by atoms with Gasteiger partial charge in [0.25, 0.3) is 0 Å². The molecule has 7 nitrogen and oxygen atoms in total. The van der Waals surface area contributed by atoms with Crippen LogP contribution in [0, 0.1) is 5.82 Å². The Labute approximate surface area is 149 Å². The van der Waals surface area contributed by atoms with Gasteiger partial charge in [-0.3, -0.25) is 0 Å². The van der Waals surface area contributed by atoms with Crippen molar-refractivity contribution in [1.29, 1.82) is 0 Å². The van der Waals surface area contributed by atoms with Crippen molar-refractivity contribution < 1.29 is 13.9 Å². The lowest BCUT2D eigenvalue weighted by atomic mass is 10.0. The van der Waals surface area contributed by atoms with Crippen LogP contribution in [-0.4, -0.2) is 58.3 Å². The highest BCUT2D eigenvalue weighted by atomic mass is 19.1. The summed E-state index contributed by atoms with van der Waals surface area (Å²) >= 11 is 0. The topological polar surface area (TPSA) is 64.8 Å². The summed E-state index contributed by atoms with van der Waals surface area (Å²) in [7, 11) is 0. The summed E-state index contributed by atoms with van der Waals surface area (Å²) < 4.78 is 26.5. The number of aromatic nitrogens is 4. The molecule has 0 spiro atoms. The van der Waals surface area contributed by atoms with E-state index in [1.807, 2.05) is 12.1 Å². The van der Waals surface area contributed by atoms with Crippen LogP contribution in [0.25, 0.3) is 17.0 Å². The Bertz CT molecular complexity index is 929. The maximum Gasteiger partial charge on any atom is 0.185 e. The van der Waals surface area contributed by atoms with Crippen molar-refractivity contribution >= 4 is 11.5 Å². The Morgan fingerprint density at radius 2 is 1.77 bits per heavy atom. The van der Waals surface area contributed by atoms with Gasteiger partial charge in [0.05, 0.1) is 19.3 Å². The van der Waals surface area contributed by atoms with Crippen molar-refractivity contribution in [2.45, 2.75) is 18.6 Å². The number of rotatable bonds is 2. The van der Waals surface area contributed by atoms with Crippen LogP contribution in [-0.2, 0) is 9.47 Å². The Morgan fingerprint density at radius 1 is 0.962 bits per heavy atom. The molecule has 0 amide bonds. The molecule has 2 aliphatic heterocycles. The number of fused-ring (bicyclic) bond motifs is 2. The number of anilines is 1. The van der Waals surface area contributed by atoms with E-state index in [9.17, 15) is 4.39 Å². The minimum atomic E-state index is -0.284. The number of hydrogen-bond acceptors (Lipinski definition) is 6. The molecule has 0 saturated carbocycles. The van der Waals surface area contributed by atoms with Crippen LogP contribution in [0.5, 0.6) is 0 Å². The van der Waals surface area contributed by atoms with Gasteiger partial charge in [-0.2, -0.15) is 4.52 Å². The summed E-state index contributed by atoms with van der Waals surface area (Å²) in [6, 6.07) is 10.0. The van der Waals surface area contributed by atoms with Crippen molar-refractivity contribution in [2.24, 2.45) is 0 Å². The number of piperidine rings is 1. The van der Waals surface area contributed by atoms with Crippen LogP contribution in [0.2, 0.25) is 0 Å². The van der Waals surface area contributed by atoms with E-state index in [-0.39, 0.29) is 18.0 Å². The van der Waals surface area contributed by atoms with Gasteiger partial charge in [-0.15, -0.1) is 15.3 Å². The molecule has 0 unspecified atom stereocenters. The minimum Gasteiger partial charge on any atom is -0.373 e. The fourth-order valence-corrected chi connectivity index (χ4v) is 3.58. The average molecular weight is 355 g/mol. The molecule has 8 heteroatoms. The van der Waals surface area contributed by atoms with E-state index >= 15 is 0 Å². The maximum atomic E-state index is 13.2. The lowest BCUT2D eigenvalue weighted by Gasteiger charge is -2.41. The summed E-state index contributed by atoms with van der Waals surface area (Å²) in [6.45, 7) is 2.92. The van der Waals surface area contributed by atoms with Gasteiger partial charge in [0.15, 0.2) is 11.5 Å². The molecule has 3 aromatic rings. The lowest BCUT2D eigenvalue weighted by molar-refractivity contribution is -0.144. The zero-order valence-corrected chi connectivity index (χ0v) is 14.1. The minimum absolute atomic E-state index is 0.0764. The molecule has 0 aliphatic carbocycles. The lowest BCUT2D eigenvalue weighted by Crippen LogP contribution is -2.52. The third-order valence-electron chi connectivity index (χ3n) is 4.92. The number of benzene rings is 1. The quantitative estimate of drug-likeness (QED) is 0.700. The van der Waals surface area contributed by atoms with Gasteiger partial charge < -0.3 is 14.4 Å². The molecule has 1 aromatic carbocycles. The fourth-order valence-electron chi connectivity index (χ4n) is 3.58. The number of ether oxygens (including phenoxy) is 2. The maximum absolute atomic E-state index is 13.2. The van der Waals surface area contributed by atoms with Crippen molar-refractivity contribution in [1.82, 2.24) is 19.8 Å². The first kappa shape index (κ1) is 15.7. The molecule has 2 fully saturated rings.